The van der Waals surface area contributed by atoms with Gasteiger partial charge in [0.2, 0.25) is 0 Å². The third-order valence-corrected chi connectivity index (χ3v) is 1.25. The Morgan fingerprint density at radius 1 is 1.29 bits per heavy atom. The number of carboxylic acids is 1. The lowest BCUT2D eigenvalue weighted by Gasteiger charge is -1.93. The lowest BCUT2D eigenvalue weighted by atomic mass is 10.3. The second-order valence-electron chi connectivity index (χ2n) is 2.34. The molecule has 0 bridgehead atoms. The van der Waals surface area contributed by atoms with Gasteiger partial charge in [-0.15, -0.1) is 0 Å². The molecule has 0 saturated heterocycles. The molecular formula is C10H14O4. The van der Waals surface area contributed by atoms with Crippen molar-refractivity contribution in [3.8, 4) is 5.75 Å². The summed E-state index contributed by atoms with van der Waals surface area (Å²) in [6.45, 7) is -0.208. The van der Waals surface area contributed by atoms with E-state index in [0.29, 0.717) is 0 Å². The van der Waals surface area contributed by atoms with Crippen molar-refractivity contribution in [3.05, 3.63) is 30.3 Å². The van der Waals surface area contributed by atoms with Gasteiger partial charge >= 0.3 is 5.97 Å². The smallest absolute Gasteiger partial charge is 0.329 e. The van der Waals surface area contributed by atoms with Crippen LogP contribution in [0.15, 0.2) is 30.3 Å². The molecule has 0 aliphatic rings. The van der Waals surface area contributed by atoms with Crippen LogP contribution in [0.4, 0.5) is 0 Å². The monoisotopic (exact) mass is 198 g/mol. The molecule has 0 saturated carbocycles. The summed E-state index contributed by atoms with van der Waals surface area (Å²) in [6.07, 6.45) is 0. The zero-order valence-electron chi connectivity index (χ0n) is 8.27. The number of rotatable bonds is 3. The average molecular weight is 198 g/mol. The van der Waals surface area contributed by atoms with Gasteiger partial charge in [-0.3, -0.25) is 0 Å². The normalized spacial score (nSPS) is 8.43. The van der Waals surface area contributed by atoms with E-state index in [0.717, 1.165) is 5.75 Å². The lowest BCUT2D eigenvalue weighted by molar-refractivity contribution is -0.141. The number of hydrogen-bond donors (Lipinski definition) is 1. The van der Waals surface area contributed by atoms with Gasteiger partial charge in [0.1, 0.15) is 12.4 Å². The maximum absolute atomic E-state index is 9.47. The maximum atomic E-state index is 9.47. The minimum absolute atomic E-state index is 0.208. The second kappa shape index (κ2) is 8.07. The summed E-state index contributed by atoms with van der Waals surface area (Å²) < 4.78 is 9.12. The molecule has 1 rings (SSSR count). The first-order chi connectivity index (χ1) is 6.70. The van der Waals surface area contributed by atoms with Crippen LogP contribution in [-0.4, -0.2) is 31.9 Å². The van der Waals surface area contributed by atoms with Crippen molar-refractivity contribution in [2.24, 2.45) is 0 Å². The number of aliphatic carboxylic acids is 1. The van der Waals surface area contributed by atoms with E-state index >= 15 is 0 Å². The molecule has 4 heteroatoms. The predicted molar refractivity (Wildman–Crippen MR) is 52.5 cm³/mol. The standard InChI is InChI=1S/C7H8O.C3H6O3/c1-8-7-5-3-2-4-6-7;1-6-2-3(4)5/h2-6H,1H3;2H2,1H3,(H,4,5). The Morgan fingerprint density at radius 2 is 1.86 bits per heavy atom. The van der Waals surface area contributed by atoms with Gasteiger partial charge in [-0.25, -0.2) is 4.79 Å². The highest BCUT2D eigenvalue weighted by Crippen LogP contribution is 2.05. The zero-order chi connectivity index (χ0) is 10.8. The van der Waals surface area contributed by atoms with Crippen LogP contribution in [0.3, 0.4) is 0 Å². The van der Waals surface area contributed by atoms with Crippen molar-refractivity contribution in [2.45, 2.75) is 0 Å². The first-order valence-corrected chi connectivity index (χ1v) is 4.00. The summed E-state index contributed by atoms with van der Waals surface area (Å²) >= 11 is 0. The fourth-order valence-corrected chi connectivity index (χ4v) is 0.680. The summed E-state index contributed by atoms with van der Waals surface area (Å²) in [7, 11) is 3.00. The first kappa shape index (κ1) is 12.4. The molecule has 1 aromatic carbocycles. The van der Waals surface area contributed by atoms with Gasteiger partial charge < -0.3 is 14.6 Å². The molecule has 0 aromatic heterocycles. The number of para-hydroxylation sites is 1. The van der Waals surface area contributed by atoms with Crippen molar-refractivity contribution in [1.82, 2.24) is 0 Å². The van der Waals surface area contributed by atoms with Crippen molar-refractivity contribution in [1.29, 1.82) is 0 Å². The van der Waals surface area contributed by atoms with E-state index in [1.807, 2.05) is 30.3 Å². The van der Waals surface area contributed by atoms with Crippen LogP contribution in [0.1, 0.15) is 0 Å². The molecule has 1 N–H and O–H groups in total. The van der Waals surface area contributed by atoms with E-state index < -0.39 is 5.97 Å². The summed E-state index contributed by atoms with van der Waals surface area (Å²) in [4.78, 5) is 9.47. The van der Waals surface area contributed by atoms with Crippen molar-refractivity contribution < 1.29 is 19.4 Å². The molecular weight excluding hydrogens is 184 g/mol. The number of methoxy groups -OCH3 is 2. The Morgan fingerprint density at radius 3 is 2.07 bits per heavy atom. The van der Waals surface area contributed by atoms with Gasteiger partial charge in [-0.2, -0.15) is 0 Å². The van der Waals surface area contributed by atoms with E-state index in [4.69, 9.17) is 9.84 Å². The Labute approximate surface area is 83.1 Å². The number of benzene rings is 1. The van der Waals surface area contributed by atoms with Gasteiger partial charge in [0.05, 0.1) is 7.11 Å². The molecule has 14 heavy (non-hydrogen) atoms. The predicted octanol–water partition coefficient (Wildman–Crippen LogP) is 1.41. The van der Waals surface area contributed by atoms with E-state index in [-0.39, 0.29) is 6.61 Å². The molecule has 0 aliphatic carbocycles. The van der Waals surface area contributed by atoms with Gasteiger partial charge in [-0.05, 0) is 12.1 Å². The molecule has 0 amide bonds. The topological polar surface area (TPSA) is 55.8 Å². The van der Waals surface area contributed by atoms with Crippen molar-refractivity contribution in [3.63, 3.8) is 0 Å². The van der Waals surface area contributed by atoms with E-state index in [2.05, 4.69) is 4.74 Å². The molecule has 0 aliphatic heterocycles. The van der Waals surface area contributed by atoms with Crippen molar-refractivity contribution in [2.75, 3.05) is 20.8 Å². The molecule has 4 nitrogen and oxygen atoms in total. The lowest BCUT2D eigenvalue weighted by Crippen LogP contribution is -2.02. The van der Waals surface area contributed by atoms with Crippen LogP contribution >= 0.6 is 0 Å². The minimum Gasteiger partial charge on any atom is -0.497 e. The number of carboxylic acid groups (broad SMARTS) is 1. The van der Waals surface area contributed by atoms with Crippen LogP contribution in [0.5, 0.6) is 5.75 Å². The quantitative estimate of drug-likeness (QED) is 0.797. The third kappa shape index (κ3) is 7.12. The number of hydrogen-bond acceptors (Lipinski definition) is 3. The highest BCUT2D eigenvalue weighted by molar-refractivity contribution is 5.67. The Kier molecular flexibility index (Phi) is 7.17. The summed E-state index contributed by atoms with van der Waals surface area (Å²) in [5.41, 5.74) is 0. The van der Waals surface area contributed by atoms with Gasteiger partial charge in [-0.1, -0.05) is 18.2 Å². The molecule has 0 spiro atoms. The molecule has 0 atom stereocenters. The Hall–Kier alpha value is -1.55. The Bertz CT molecular complexity index is 246. The molecule has 78 valence electrons. The molecule has 1 aromatic rings. The maximum Gasteiger partial charge on any atom is 0.329 e. The molecule has 0 heterocycles. The van der Waals surface area contributed by atoms with Gasteiger partial charge in [0.25, 0.3) is 0 Å². The largest absolute Gasteiger partial charge is 0.497 e. The van der Waals surface area contributed by atoms with Crippen molar-refractivity contribution >= 4 is 5.97 Å². The van der Waals surface area contributed by atoms with Gasteiger partial charge in [0.15, 0.2) is 0 Å². The number of carbonyl (C=O) groups is 1. The fourth-order valence-electron chi connectivity index (χ4n) is 0.680. The summed E-state index contributed by atoms with van der Waals surface area (Å²) in [5, 5.41) is 7.79. The highest BCUT2D eigenvalue weighted by Gasteiger charge is 1.87. The van der Waals surface area contributed by atoms with Crippen LogP contribution in [0.2, 0.25) is 0 Å². The second-order valence-corrected chi connectivity index (χ2v) is 2.34. The van der Waals surface area contributed by atoms with Gasteiger partial charge in [0, 0.05) is 7.11 Å². The van der Waals surface area contributed by atoms with E-state index in [1.54, 1.807) is 7.11 Å². The summed E-state index contributed by atoms with van der Waals surface area (Å²) in [6, 6.07) is 9.68. The molecule has 0 radical (unpaired) electrons. The van der Waals surface area contributed by atoms with Crippen LogP contribution < -0.4 is 4.74 Å². The minimum atomic E-state index is -0.933. The van der Waals surface area contributed by atoms with E-state index in [1.165, 1.54) is 7.11 Å². The fraction of sp³-hybridized carbons (Fsp3) is 0.300. The van der Waals surface area contributed by atoms with Crippen LogP contribution in [-0.2, 0) is 9.53 Å². The SMILES string of the molecule is COCC(=O)O.COc1ccccc1. The first-order valence-electron chi connectivity index (χ1n) is 4.00. The van der Waals surface area contributed by atoms with Crippen LogP contribution in [0.25, 0.3) is 0 Å². The zero-order valence-corrected chi connectivity index (χ0v) is 8.27. The molecule has 0 unspecified atom stereocenters. The van der Waals surface area contributed by atoms with Crippen LogP contribution in [0, 0.1) is 0 Å². The number of ether oxygens (including phenoxy) is 2. The van der Waals surface area contributed by atoms with E-state index in [9.17, 15) is 4.79 Å². The molecule has 0 fully saturated rings. The summed E-state index contributed by atoms with van der Waals surface area (Å²) in [5.74, 6) is -0.0231. The Balaban J connectivity index is 0.000000255. The third-order valence-electron chi connectivity index (χ3n) is 1.25. The average Bonchev–Trinajstić information content (AvgIpc) is 2.20. The highest BCUT2D eigenvalue weighted by atomic mass is 16.5.